The number of fused-ring (bicyclic) bond motifs is 1. The lowest BCUT2D eigenvalue weighted by Gasteiger charge is -2.06. The van der Waals surface area contributed by atoms with E-state index in [1.165, 1.54) is 18.4 Å². The van der Waals surface area contributed by atoms with E-state index in [2.05, 4.69) is 4.99 Å². The van der Waals surface area contributed by atoms with Crippen molar-refractivity contribution in [3.63, 3.8) is 0 Å². The van der Waals surface area contributed by atoms with Crippen molar-refractivity contribution in [3.8, 4) is 5.75 Å². The molecule has 7 heteroatoms. The van der Waals surface area contributed by atoms with Crippen LogP contribution in [0.3, 0.4) is 0 Å². The van der Waals surface area contributed by atoms with Crippen molar-refractivity contribution in [2.75, 3.05) is 14.2 Å². The molecule has 0 aliphatic heterocycles. The minimum absolute atomic E-state index is 0.185. The van der Waals surface area contributed by atoms with Crippen LogP contribution in [-0.4, -0.2) is 30.7 Å². The molecule has 146 valence electrons. The number of esters is 1. The summed E-state index contributed by atoms with van der Waals surface area (Å²) in [5.41, 5.74) is 3.57. The van der Waals surface area contributed by atoms with Gasteiger partial charge in [0.15, 0.2) is 4.80 Å². The Balaban J connectivity index is 2.09. The quantitative estimate of drug-likeness (QED) is 0.616. The van der Waals surface area contributed by atoms with Crippen LogP contribution in [0.1, 0.15) is 27.9 Å². The zero-order valence-electron chi connectivity index (χ0n) is 16.3. The van der Waals surface area contributed by atoms with Crippen molar-refractivity contribution >= 4 is 33.4 Å². The second-order valence-electron chi connectivity index (χ2n) is 6.41. The fourth-order valence-electron chi connectivity index (χ4n) is 2.81. The molecule has 0 spiro atoms. The highest BCUT2D eigenvalue weighted by Crippen LogP contribution is 2.23. The average molecular weight is 398 g/mol. The lowest BCUT2D eigenvalue weighted by molar-refractivity contribution is -0.140. The predicted octanol–water partition coefficient (Wildman–Crippen LogP) is 3.63. The van der Waals surface area contributed by atoms with E-state index in [1.807, 2.05) is 48.7 Å². The summed E-state index contributed by atoms with van der Waals surface area (Å²) in [7, 11) is 2.96. The smallest absolute Gasteiger partial charge is 0.307 e. The number of rotatable bonds is 5. The number of ether oxygens (including phenoxy) is 2. The molecule has 0 saturated carbocycles. The lowest BCUT2D eigenvalue weighted by atomic mass is 10.1. The maximum atomic E-state index is 12.7. The molecule has 0 radical (unpaired) electrons. The predicted molar refractivity (Wildman–Crippen MR) is 109 cm³/mol. The van der Waals surface area contributed by atoms with E-state index in [0.29, 0.717) is 22.7 Å². The SMILES string of the molecule is COC(=O)CCn1c(=NC(=O)c2ccc(C)c(C)c2)sc2ccc(OC)cc21. The van der Waals surface area contributed by atoms with Gasteiger partial charge < -0.3 is 14.0 Å². The van der Waals surface area contributed by atoms with Crippen LogP contribution in [0.5, 0.6) is 5.75 Å². The molecule has 28 heavy (non-hydrogen) atoms. The molecular weight excluding hydrogens is 376 g/mol. The first-order valence-electron chi connectivity index (χ1n) is 8.83. The molecular formula is C21H22N2O4S. The number of methoxy groups -OCH3 is 2. The van der Waals surface area contributed by atoms with E-state index in [9.17, 15) is 9.59 Å². The molecule has 0 aliphatic carbocycles. The summed E-state index contributed by atoms with van der Waals surface area (Å²) in [4.78, 5) is 29.3. The fraction of sp³-hybridized carbons (Fsp3) is 0.286. The van der Waals surface area contributed by atoms with Gasteiger partial charge in [-0.1, -0.05) is 17.4 Å². The molecule has 3 aromatic rings. The van der Waals surface area contributed by atoms with Crippen LogP contribution in [0.4, 0.5) is 0 Å². The first-order chi connectivity index (χ1) is 13.4. The standard InChI is InChI=1S/C21H22N2O4S/c1-13-5-6-15(11-14(13)2)20(25)22-21-23(10-9-19(24)27-4)17-12-16(26-3)7-8-18(17)28-21/h5-8,11-12H,9-10H2,1-4H3. The Kier molecular flexibility index (Phi) is 5.94. The zero-order chi connectivity index (χ0) is 20.3. The lowest BCUT2D eigenvalue weighted by Crippen LogP contribution is -2.19. The van der Waals surface area contributed by atoms with Crippen molar-refractivity contribution in [1.82, 2.24) is 4.57 Å². The largest absolute Gasteiger partial charge is 0.497 e. The van der Waals surface area contributed by atoms with E-state index < -0.39 is 0 Å². The third-order valence-corrected chi connectivity index (χ3v) is 5.67. The van der Waals surface area contributed by atoms with E-state index >= 15 is 0 Å². The van der Waals surface area contributed by atoms with Gasteiger partial charge in [0.1, 0.15) is 5.75 Å². The second-order valence-corrected chi connectivity index (χ2v) is 7.42. The molecule has 0 bridgehead atoms. The maximum absolute atomic E-state index is 12.7. The molecule has 3 rings (SSSR count). The van der Waals surface area contributed by atoms with Gasteiger partial charge in [0.2, 0.25) is 0 Å². The van der Waals surface area contributed by atoms with Crippen LogP contribution in [-0.2, 0) is 16.1 Å². The Morgan fingerprint density at radius 1 is 1.07 bits per heavy atom. The molecule has 0 N–H and O–H groups in total. The number of nitrogens with zero attached hydrogens (tertiary/aromatic N) is 2. The third kappa shape index (κ3) is 4.14. The summed E-state index contributed by atoms with van der Waals surface area (Å²) < 4.78 is 12.9. The summed E-state index contributed by atoms with van der Waals surface area (Å²) in [5.74, 6) is 0.0683. The minimum Gasteiger partial charge on any atom is -0.497 e. The number of hydrogen-bond donors (Lipinski definition) is 0. The van der Waals surface area contributed by atoms with Crippen molar-refractivity contribution in [2.24, 2.45) is 4.99 Å². The van der Waals surface area contributed by atoms with Gasteiger partial charge in [0.05, 0.1) is 30.9 Å². The molecule has 1 amide bonds. The van der Waals surface area contributed by atoms with Gasteiger partial charge in [-0.25, -0.2) is 0 Å². The third-order valence-electron chi connectivity index (χ3n) is 4.61. The molecule has 0 fully saturated rings. The number of benzene rings is 2. The first kappa shape index (κ1) is 19.8. The molecule has 0 atom stereocenters. The van der Waals surface area contributed by atoms with E-state index in [0.717, 1.165) is 21.3 Å². The number of aryl methyl sites for hydroxylation is 3. The monoisotopic (exact) mass is 398 g/mol. The summed E-state index contributed by atoms with van der Waals surface area (Å²) >= 11 is 1.40. The van der Waals surface area contributed by atoms with Crippen LogP contribution in [0.25, 0.3) is 10.2 Å². The zero-order valence-corrected chi connectivity index (χ0v) is 17.1. The fourth-order valence-corrected chi connectivity index (χ4v) is 3.84. The number of amides is 1. The van der Waals surface area contributed by atoms with Crippen molar-refractivity contribution in [2.45, 2.75) is 26.8 Å². The van der Waals surface area contributed by atoms with Gasteiger partial charge in [-0.15, -0.1) is 0 Å². The summed E-state index contributed by atoms with van der Waals surface area (Å²) in [6.45, 7) is 4.33. The van der Waals surface area contributed by atoms with Crippen LogP contribution < -0.4 is 9.54 Å². The van der Waals surface area contributed by atoms with E-state index in [4.69, 9.17) is 9.47 Å². The van der Waals surface area contributed by atoms with Gasteiger partial charge in [-0.2, -0.15) is 4.99 Å². The molecule has 2 aromatic carbocycles. The van der Waals surface area contributed by atoms with Crippen LogP contribution in [0, 0.1) is 13.8 Å². The Hall–Kier alpha value is -2.93. The van der Waals surface area contributed by atoms with Crippen molar-refractivity contribution < 1.29 is 19.1 Å². The molecule has 0 saturated heterocycles. The van der Waals surface area contributed by atoms with Crippen LogP contribution in [0.15, 0.2) is 41.4 Å². The van der Waals surface area contributed by atoms with Crippen LogP contribution in [0.2, 0.25) is 0 Å². The Labute approximate surface area is 167 Å². The Bertz CT molecular complexity index is 1110. The number of aromatic nitrogens is 1. The number of hydrogen-bond acceptors (Lipinski definition) is 5. The van der Waals surface area contributed by atoms with Gasteiger partial charge in [-0.3, -0.25) is 9.59 Å². The summed E-state index contributed by atoms with van der Waals surface area (Å²) in [6, 6.07) is 11.2. The number of carbonyl (C=O) groups is 2. The Morgan fingerprint density at radius 3 is 2.54 bits per heavy atom. The van der Waals surface area contributed by atoms with E-state index in [1.54, 1.807) is 13.2 Å². The molecule has 0 unspecified atom stereocenters. The van der Waals surface area contributed by atoms with Crippen molar-refractivity contribution in [1.29, 1.82) is 0 Å². The van der Waals surface area contributed by atoms with Gasteiger partial charge in [-0.05, 0) is 49.2 Å². The van der Waals surface area contributed by atoms with Crippen molar-refractivity contribution in [3.05, 3.63) is 57.9 Å². The normalized spacial score (nSPS) is 11.6. The Morgan fingerprint density at radius 2 is 1.86 bits per heavy atom. The highest BCUT2D eigenvalue weighted by atomic mass is 32.1. The average Bonchev–Trinajstić information content (AvgIpc) is 3.03. The first-order valence-corrected chi connectivity index (χ1v) is 9.65. The molecule has 1 heterocycles. The second kappa shape index (κ2) is 8.39. The van der Waals surface area contributed by atoms with E-state index in [-0.39, 0.29) is 18.3 Å². The van der Waals surface area contributed by atoms with Gasteiger partial charge in [0, 0.05) is 18.2 Å². The topological polar surface area (TPSA) is 69.9 Å². The number of carbonyl (C=O) groups excluding carboxylic acids is 2. The minimum atomic E-state index is -0.318. The van der Waals surface area contributed by atoms with Gasteiger partial charge >= 0.3 is 5.97 Å². The molecule has 0 aliphatic rings. The summed E-state index contributed by atoms with van der Waals surface area (Å²) in [5, 5.41) is 0. The highest BCUT2D eigenvalue weighted by Gasteiger charge is 2.12. The van der Waals surface area contributed by atoms with Gasteiger partial charge in [0.25, 0.3) is 5.91 Å². The molecule has 1 aromatic heterocycles. The number of thiazole rings is 1. The van der Waals surface area contributed by atoms with Crippen LogP contribution >= 0.6 is 11.3 Å². The summed E-state index contributed by atoms with van der Waals surface area (Å²) in [6.07, 6.45) is 0.185. The highest BCUT2D eigenvalue weighted by molar-refractivity contribution is 7.16. The maximum Gasteiger partial charge on any atom is 0.307 e. The molecule has 6 nitrogen and oxygen atoms in total.